The van der Waals surface area contributed by atoms with Crippen molar-refractivity contribution < 1.29 is 18.3 Å². The summed E-state index contributed by atoms with van der Waals surface area (Å²) in [6, 6.07) is 1.19. The summed E-state index contributed by atoms with van der Waals surface area (Å²) < 4.78 is 26.6. The van der Waals surface area contributed by atoms with E-state index in [1.165, 1.54) is 16.6 Å². The first-order valence-corrected chi connectivity index (χ1v) is 8.81. The molecule has 0 amide bonds. The van der Waals surface area contributed by atoms with Crippen LogP contribution in [0.3, 0.4) is 0 Å². The number of carboxylic acids is 1. The molecule has 21 heavy (non-hydrogen) atoms. The van der Waals surface area contributed by atoms with Crippen molar-refractivity contribution in [2.24, 2.45) is 5.92 Å². The number of rotatable bonds is 5. The second-order valence-corrected chi connectivity index (χ2v) is 7.48. The summed E-state index contributed by atoms with van der Waals surface area (Å²) in [6.45, 7) is 3.17. The van der Waals surface area contributed by atoms with Crippen LogP contribution in [0.1, 0.15) is 49.5 Å². The Morgan fingerprint density at radius 2 is 2.19 bits per heavy atom. The molecule has 2 rings (SSSR count). The van der Waals surface area contributed by atoms with Gasteiger partial charge in [-0.3, -0.25) is 0 Å². The molecular weight excluding hydrogens is 292 g/mol. The number of aromatic amines is 1. The maximum Gasteiger partial charge on any atom is 0.352 e. The van der Waals surface area contributed by atoms with E-state index in [0.29, 0.717) is 19.0 Å². The maximum atomic E-state index is 12.6. The number of sulfonamides is 1. The first-order valence-electron chi connectivity index (χ1n) is 7.37. The monoisotopic (exact) mass is 314 g/mol. The van der Waals surface area contributed by atoms with E-state index < -0.39 is 16.0 Å². The Morgan fingerprint density at radius 3 is 2.81 bits per heavy atom. The molecule has 0 spiro atoms. The van der Waals surface area contributed by atoms with Crippen molar-refractivity contribution in [3.8, 4) is 0 Å². The third kappa shape index (κ3) is 3.65. The molecule has 7 heteroatoms. The molecule has 0 saturated carbocycles. The van der Waals surface area contributed by atoms with Gasteiger partial charge in [-0.1, -0.05) is 19.8 Å². The van der Waals surface area contributed by atoms with E-state index in [-0.39, 0.29) is 10.6 Å². The highest BCUT2D eigenvalue weighted by Gasteiger charge is 2.28. The van der Waals surface area contributed by atoms with E-state index >= 15 is 0 Å². The lowest BCUT2D eigenvalue weighted by Gasteiger charge is -2.19. The minimum Gasteiger partial charge on any atom is -0.477 e. The van der Waals surface area contributed by atoms with Crippen LogP contribution in [-0.2, 0) is 10.0 Å². The van der Waals surface area contributed by atoms with Crippen molar-refractivity contribution in [3.05, 3.63) is 18.0 Å². The third-order valence-corrected chi connectivity index (χ3v) is 5.90. The van der Waals surface area contributed by atoms with Gasteiger partial charge in [-0.15, -0.1) is 0 Å². The zero-order valence-corrected chi connectivity index (χ0v) is 13.0. The molecule has 1 aromatic heterocycles. The average molecular weight is 314 g/mol. The van der Waals surface area contributed by atoms with Gasteiger partial charge in [-0.25, -0.2) is 13.2 Å². The highest BCUT2D eigenvalue weighted by atomic mass is 32.2. The Hall–Kier alpha value is -1.34. The number of nitrogens with zero attached hydrogens (tertiary/aromatic N) is 1. The van der Waals surface area contributed by atoms with Crippen molar-refractivity contribution in [1.82, 2.24) is 9.29 Å². The third-order valence-electron chi connectivity index (χ3n) is 4.03. The summed E-state index contributed by atoms with van der Waals surface area (Å²) in [6.07, 6.45) is 6.32. The Morgan fingerprint density at radius 1 is 1.43 bits per heavy atom. The second kappa shape index (κ2) is 6.62. The van der Waals surface area contributed by atoms with Gasteiger partial charge in [-0.2, -0.15) is 4.31 Å². The summed E-state index contributed by atoms with van der Waals surface area (Å²) >= 11 is 0. The lowest BCUT2D eigenvalue weighted by atomic mass is 9.96. The van der Waals surface area contributed by atoms with Gasteiger partial charge < -0.3 is 10.1 Å². The van der Waals surface area contributed by atoms with Gasteiger partial charge in [0.25, 0.3) is 0 Å². The summed E-state index contributed by atoms with van der Waals surface area (Å²) in [5.41, 5.74) is -0.104. The van der Waals surface area contributed by atoms with Gasteiger partial charge >= 0.3 is 5.97 Å². The van der Waals surface area contributed by atoms with Crippen molar-refractivity contribution in [2.75, 3.05) is 13.1 Å². The van der Waals surface area contributed by atoms with Gasteiger partial charge in [0, 0.05) is 19.3 Å². The van der Waals surface area contributed by atoms with E-state index in [1.54, 1.807) is 0 Å². The zero-order valence-electron chi connectivity index (χ0n) is 12.2. The Bertz CT molecular complexity index is 594. The van der Waals surface area contributed by atoms with Crippen LogP contribution in [0.4, 0.5) is 0 Å². The van der Waals surface area contributed by atoms with Crippen LogP contribution in [0.2, 0.25) is 0 Å². The lowest BCUT2D eigenvalue weighted by molar-refractivity contribution is 0.0691. The predicted octanol–water partition coefficient (Wildman–Crippen LogP) is 2.30. The van der Waals surface area contributed by atoms with E-state index in [1.807, 2.05) is 0 Å². The maximum absolute atomic E-state index is 12.6. The topological polar surface area (TPSA) is 90.5 Å². The number of hydrogen-bond acceptors (Lipinski definition) is 3. The van der Waals surface area contributed by atoms with E-state index in [2.05, 4.69) is 11.9 Å². The van der Waals surface area contributed by atoms with Crippen LogP contribution >= 0.6 is 0 Å². The van der Waals surface area contributed by atoms with Crippen LogP contribution in [0.5, 0.6) is 0 Å². The SMILES string of the molecule is CCCC1CCCN(S(=O)(=O)c2c[nH]c(C(=O)O)c2)CC1. The molecule has 118 valence electrons. The molecule has 1 fully saturated rings. The second-order valence-electron chi connectivity index (χ2n) is 5.54. The number of H-pyrrole nitrogens is 1. The summed E-state index contributed by atoms with van der Waals surface area (Å²) in [4.78, 5) is 13.4. The molecular formula is C14H22N2O4S. The molecule has 0 aromatic carbocycles. The fourth-order valence-electron chi connectivity index (χ4n) is 2.87. The van der Waals surface area contributed by atoms with Gasteiger partial charge in [-0.05, 0) is 31.2 Å². The fourth-order valence-corrected chi connectivity index (χ4v) is 4.36. The highest BCUT2D eigenvalue weighted by molar-refractivity contribution is 7.89. The molecule has 0 aliphatic carbocycles. The minimum atomic E-state index is -3.60. The number of carbonyl (C=O) groups is 1. The molecule has 1 aromatic rings. The summed E-state index contributed by atoms with van der Waals surface area (Å²) in [5, 5.41) is 8.87. The van der Waals surface area contributed by atoms with Crippen LogP contribution in [0.25, 0.3) is 0 Å². The first-order chi connectivity index (χ1) is 9.95. The summed E-state index contributed by atoms with van der Waals surface area (Å²) in [7, 11) is -3.60. The number of nitrogens with one attached hydrogen (secondary N) is 1. The largest absolute Gasteiger partial charge is 0.477 e. The van der Waals surface area contributed by atoms with Crippen molar-refractivity contribution in [3.63, 3.8) is 0 Å². The molecule has 2 heterocycles. The molecule has 1 atom stereocenters. The minimum absolute atomic E-state index is 0.0360. The Labute approximate surface area is 125 Å². The van der Waals surface area contributed by atoms with Crippen LogP contribution in [-0.4, -0.2) is 41.9 Å². The van der Waals surface area contributed by atoms with Crippen LogP contribution < -0.4 is 0 Å². The molecule has 1 aliphatic rings. The fraction of sp³-hybridized carbons (Fsp3) is 0.643. The Balaban J connectivity index is 2.13. The Kier molecular flexibility index (Phi) is 5.05. The smallest absolute Gasteiger partial charge is 0.352 e. The number of hydrogen-bond donors (Lipinski definition) is 2. The normalized spacial score (nSPS) is 21.1. The number of aromatic carboxylic acids is 1. The summed E-state index contributed by atoms with van der Waals surface area (Å²) in [5.74, 6) is -0.564. The lowest BCUT2D eigenvalue weighted by Crippen LogP contribution is -2.31. The molecule has 1 saturated heterocycles. The van der Waals surface area contributed by atoms with Gasteiger partial charge in [0.1, 0.15) is 10.6 Å². The molecule has 1 aliphatic heterocycles. The highest BCUT2D eigenvalue weighted by Crippen LogP contribution is 2.26. The molecule has 0 bridgehead atoms. The standard InChI is InChI=1S/C14H22N2O4S/c1-2-4-11-5-3-7-16(8-6-11)21(19,20)12-9-13(14(17)18)15-10-12/h9-11,15H,2-8H2,1H3,(H,17,18). The van der Waals surface area contributed by atoms with E-state index in [4.69, 9.17) is 5.11 Å². The number of aromatic nitrogens is 1. The van der Waals surface area contributed by atoms with Gasteiger partial charge in [0.05, 0.1) is 0 Å². The number of carboxylic acid groups (broad SMARTS) is 1. The van der Waals surface area contributed by atoms with E-state index in [0.717, 1.165) is 32.1 Å². The van der Waals surface area contributed by atoms with Crippen molar-refractivity contribution >= 4 is 16.0 Å². The quantitative estimate of drug-likeness (QED) is 0.872. The van der Waals surface area contributed by atoms with Crippen LogP contribution in [0.15, 0.2) is 17.2 Å². The molecule has 0 radical (unpaired) electrons. The molecule has 2 N–H and O–H groups in total. The van der Waals surface area contributed by atoms with Crippen molar-refractivity contribution in [2.45, 2.75) is 43.9 Å². The van der Waals surface area contributed by atoms with Crippen molar-refractivity contribution in [1.29, 1.82) is 0 Å². The van der Waals surface area contributed by atoms with E-state index in [9.17, 15) is 13.2 Å². The van der Waals surface area contributed by atoms with Gasteiger partial charge in [0.2, 0.25) is 10.0 Å². The zero-order chi connectivity index (χ0) is 15.5. The van der Waals surface area contributed by atoms with Gasteiger partial charge in [0.15, 0.2) is 0 Å². The predicted molar refractivity (Wildman–Crippen MR) is 78.8 cm³/mol. The molecule has 1 unspecified atom stereocenters. The van der Waals surface area contributed by atoms with Crippen LogP contribution in [0, 0.1) is 5.92 Å². The molecule has 6 nitrogen and oxygen atoms in total. The first kappa shape index (κ1) is 16.0. The average Bonchev–Trinajstić information content (AvgIpc) is 2.82.